The molecule has 6 rings (SSSR count). The summed E-state index contributed by atoms with van der Waals surface area (Å²) in [5.41, 5.74) is 6.60. The van der Waals surface area contributed by atoms with E-state index < -0.39 is 0 Å². The highest BCUT2D eigenvalue weighted by Gasteiger charge is 2.33. The molecular weight excluding hydrogens is 362 g/mol. The number of nitrogens with zero attached hydrogens (tertiary/aromatic N) is 1. The molecular formula is C25H24NOS+. The van der Waals surface area contributed by atoms with Gasteiger partial charge in [0, 0.05) is 16.3 Å². The summed E-state index contributed by atoms with van der Waals surface area (Å²) in [6, 6.07) is 9.23. The predicted molar refractivity (Wildman–Crippen MR) is 117 cm³/mol. The van der Waals surface area contributed by atoms with E-state index in [4.69, 9.17) is 4.74 Å². The van der Waals surface area contributed by atoms with Crippen molar-refractivity contribution in [2.75, 3.05) is 0 Å². The minimum Gasteiger partial charge on any atom is -0.455 e. The Morgan fingerprint density at radius 1 is 1.07 bits per heavy atom. The third-order valence-corrected chi connectivity index (χ3v) is 7.88. The Kier molecular flexibility index (Phi) is 3.43. The van der Waals surface area contributed by atoms with Crippen LogP contribution in [0.25, 0.3) is 32.1 Å². The van der Waals surface area contributed by atoms with Crippen molar-refractivity contribution < 1.29 is 9.30 Å². The highest BCUT2D eigenvalue weighted by atomic mass is 32.1. The van der Waals surface area contributed by atoms with Crippen LogP contribution in [0.3, 0.4) is 0 Å². The fraction of sp³-hybridized carbons (Fsp3) is 0.320. The summed E-state index contributed by atoms with van der Waals surface area (Å²) >= 11 is 1.83. The number of hydrogen-bond donors (Lipinski definition) is 0. The zero-order chi connectivity index (χ0) is 19.0. The molecule has 2 nitrogen and oxygen atoms in total. The molecule has 2 aliphatic rings. The Morgan fingerprint density at radius 2 is 1.89 bits per heavy atom. The molecule has 1 aliphatic carbocycles. The van der Waals surface area contributed by atoms with Crippen LogP contribution in [-0.2, 0) is 7.05 Å². The molecule has 0 bridgehead atoms. The lowest BCUT2D eigenvalue weighted by molar-refractivity contribution is -0.659. The van der Waals surface area contributed by atoms with Gasteiger partial charge in [0.15, 0.2) is 6.20 Å². The molecule has 28 heavy (non-hydrogen) atoms. The van der Waals surface area contributed by atoms with Crippen LogP contribution in [-0.4, -0.2) is 0 Å². The first kappa shape index (κ1) is 16.6. The Bertz CT molecular complexity index is 1280. The molecule has 0 amide bonds. The third kappa shape index (κ3) is 2.11. The van der Waals surface area contributed by atoms with E-state index in [2.05, 4.69) is 61.3 Å². The molecule has 3 heteroatoms. The van der Waals surface area contributed by atoms with E-state index in [9.17, 15) is 0 Å². The first-order valence-electron chi connectivity index (χ1n) is 10.3. The van der Waals surface area contributed by atoms with Crippen molar-refractivity contribution in [1.29, 1.82) is 0 Å². The second kappa shape index (κ2) is 5.81. The van der Waals surface area contributed by atoms with Gasteiger partial charge in [0.2, 0.25) is 5.69 Å². The number of rotatable bonds is 1. The quantitative estimate of drug-likeness (QED) is 0.285. The van der Waals surface area contributed by atoms with Crippen molar-refractivity contribution in [2.24, 2.45) is 7.05 Å². The second-order valence-electron chi connectivity index (χ2n) is 8.46. The highest BCUT2D eigenvalue weighted by molar-refractivity contribution is 7.17. The molecule has 0 atom stereocenters. The van der Waals surface area contributed by atoms with E-state index in [0.717, 1.165) is 11.5 Å². The molecule has 0 unspecified atom stereocenters. The summed E-state index contributed by atoms with van der Waals surface area (Å²) < 4.78 is 10.3. The monoisotopic (exact) mass is 386 g/mol. The van der Waals surface area contributed by atoms with Crippen LogP contribution in [0.4, 0.5) is 0 Å². The SMILES string of the molecule is Cc1c2c(c(C)c3sccc13)-c1c3c(cc(C4CCCC4)cc3cc[n+]1C)O2. The van der Waals surface area contributed by atoms with Crippen LogP contribution < -0.4 is 9.30 Å². The van der Waals surface area contributed by atoms with Crippen LogP contribution in [0.5, 0.6) is 11.5 Å². The van der Waals surface area contributed by atoms with Crippen LogP contribution >= 0.6 is 11.3 Å². The van der Waals surface area contributed by atoms with E-state index in [0.29, 0.717) is 5.92 Å². The fourth-order valence-electron chi connectivity index (χ4n) is 5.38. The summed E-state index contributed by atoms with van der Waals surface area (Å²) in [6.45, 7) is 4.45. The minimum absolute atomic E-state index is 0.685. The Morgan fingerprint density at radius 3 is 2.71 bits per heavy atom. The zero-order valence-corrected chi connectivity index (χ0v) is 17.5. The molecule has 3 heterocycles. The second-order valence-corrected chi connectivity index (χ2v) is 9.38. The standard InChI is InChI=1S/C25H24NOS/c1-14-19-9-11-28-25(19)15(2)21-23-22-17(8-10-26(23)3)12-18(16-6-4-5-7-16)13-20(22)27-24(14)21/h8-13,16H,4-7H2,1-3H3/q+1. The summed E-state index contributed by atoms with van der Waals surface area (Å²) in [5, 5.41) is 6.09. The number of aromatic nitrogens is 1. The van der Waals surface area contributed by atoms with Crippen molar-refractivity contribution in [3.05, 3.63) is 52.5 Å². The first-order valence-corrected chi connectivity index (χ1v) is 11.2. The van der Waals surface area contributed by atoms with E-state index in [1.54, 1.807) is 0 Å². The molecule has 0 radical (unpaired) electrons. The van der Waals surface area contributed by atoms with Crippen LogP contribution in [0.2, 0.25) is 0 Å². The maximum Gasteiger partial charge on any atom is 0.228 e. The van der Waals surface area contributed by atoms with Crippen molar-refractivity contribution in [3.63, 3.8) is 0 Å². The van der Waals surface area contributed by atoms with Crippen molar-refractivity contribution >= 4 is 32.2 Å². The van der Waals surface area contributed by atoms with Crippen molar-refractivity contribution in [1.82, 2.24) is 0 Å². The maximum absolute atomic E-state index is 6.69. The van der Waals surface area contributed by atoms with E-state index in [-0.39, 0.29) is 0 Å². The Balaban J connectivity index is 1.72. The van der Waals surface area contributed by atoms with Gasteiger partial charge in [-0.1, -0.05) is 18.9 Å². The average Bonchev–Trinajstić information content (AvgIpc) is 3.40. The third-order valence-electron chi connectivity index (χ3n) is 6.85. The molecule has 0 spiro atoms. The molecule has 1 aliphatic heterocycles. The summed E-state index contributed by atoms with van der Waals surface area (Å²) in [6.07, 6.45) is 7.53. The molecule has 0 N–H and O–H groups in total. The van der Waals surface area contributed by atoms with Crippen LogP contribution in [0, 0.1) is 13.8 Å². The molecule has 2 aromatic carbocycles. The Labute approximate surface area is 169 Å². The number of hydrogen-bond acceptors (Lipinski definition) is 2. The lowest BCUT2D eigenvalue weighted by atomic mass is 9.89. The van der Waals surface area contributed by atoms with Gasteiger partial charge in [-0.15, -0.1) is 11.3 Å². The number of pyridine rings is 1. The summed E-state index contributed by atoms with van der Waals surface area (Å²) in [7, 11) is 2.16. The van der Waals surface area contributed by atoms with Gasteiger partial charge in [-0.05, 0) is 72.0 Å². The number of fused-ring (bicyclic) bond motifs is 3. The molecule has 140 valence electrons. The molecule has 0 saturated heterocycles. The van der Waals surface area contributed by atoms with Gasteiger partial charge < -0.3 is 4.74 Å². The number of ether oxygens (including phenoxy) is 1. The fourth-order valence-corrected chi connectivity index (χ4v) is 6.34. The van der Waals surface area contributed by atoms with E-state index >= 15 is 0 Å². The molecule has 4 aromatic rings. The number of aryl methyl sites for hydroxylation is 3. The first-order chi connectivity index (χ1) is 13.6. The zero-order valence-electron chi connectivity index (χ0n) is 16.6. The lowest BCUT2D eigenvalue weighted by Gasteiger charge is -2.24. The summed E-state index contributed by atoms with van der Waals surface area (Å²) in [4.78, 5) is 0. The van der Waals surface area contributed by atoms with Gasteiger partial charge in [-0.2, -0.15) is 0 Å². The number of thiophene rings is 1. The smallest absolute Gasteiger partial charge is 0.228 e. The van der Waals surface area contributed by atoms with Crippen molar-refractivity contribution in [3.8, 4) is 22.8 Å². The van der Waals surface area contributed by atoms with Gasteiger partial charge in [0.25, 0.3) is 0 Å². The maximum atomic E-state index is 6.69. The van der Waals surface area contributed by atoms with Gasteiger partial charge >= 0.3 is 0 Å². The lowest BCUT2D eigenvalue weighted by Crippen LogP contribution is -2.32. The summed E-state index contributed by atoms with van der Waals surface area (Å²) in [5.74, 6) is 2.77. The normalized spacial score (nSPS) is 16.0. The number of benzene rings is 2. The molecule has 1 saturated carbocycles. The van der Waals surface area contributed by atoms with Gasteiger partial charge in [0.1, 0.15) is 18.5 Å². The van der Waals surface area contributed by atoms with Gasteiger partial charge in [-0.3, -0.25) is 0 Å². The molecule has 2 aromatic heterocycles. The largest absolute Gasteiger partial charge is 0.455 e. The van der Waals surface area contributed by atoms with E-state index in [1.807, 2.05) is 11.3 Å². The minimum atomic E-state index is 0.685. The van der Waals surface area contributed by atoms with Gasteiger partial charge in [0.05, 0.1) is 10.9 Å². The predicted octanol–water partition coefficient (Wildman–Crippen LogP) is 6.93. The highest BCUT2D eigenvalue weighted by Crippen LogP contribution is 2.52. The van der Waals surface area contributed by atoms with Crippen molar-refractivity contribution in [2.45, 2.75) is 45.4 Å². The van der Waals surface area contributed by atoms with E-state index in [1.165, 1.54) is 74.5 Å². The average molecular weight is 387 g/mol. The topological polar surface area (TPSA) is 13.1 Å². The van der Waals surface area contributed by atoms with Crippen LogP contribution in [0.1, 0.15) is 48.3 Å². The van der Waals surface area contributed by atoms with Gasteiger partial charge in [-0.25, -0.2) is 4.57 Å². The molecule has 1 fully saturated rings. The Hall–Kier alpha value is -2.39. The van der Waals surface area contributed by atoms with Crippen LogP contribution in [0.15, 0.2) is 35.8 Å².